The molecule has 8 heteroatoms. The van der Waals surface area contributed by atoms with Crippen LogP contribution >= 0.6 is 0 Å². The standard InChI is InChI=1S/C21H25N7O/c1-15-5-3-6-16(13-15)24-21-23-8-7-17(25-21)18-14-19(27(2)26-18)20(29)22-9-12-28-10-4-11-28/h3,5-8,13-14H,4,9-12H2,1-2H3,(H,22,29)(H,23,24,25). The van der Waals surface area contributed by atoms with Crippen molar-refractivity contribution in [1.82, 2.24) is 30.0 Å². The molecular formula is C21H25N7O. The normalized spacial score (nSPS) is 13.7. The second kappa shape index (κ2) is 8.40. The van der Waals surface area contributed by atoms with Crippen LogP contribution in [0.1, 0.15) is 22.5 Å². The lowest BCUT2D eigenvalue weighted by atomic mass is 10.2. The first-order chi connectivity index (χ1) is 14.1. The molecule has 1 aliphatic rings. The summed E-state index contributed by atoms with van der Waals surface area (Å²) < 4.78 is 1.59. The number of rotatable bonds is 7. The highest BCUT2D eigenvalue weighted by atomic mass is 16.2. The largest absolute Gasteiger partial charge is 0.349 e. The Hall–Kier alpha value is -3.26. The SMILES string of the molecule is Cc1cccc(Nc2nccc(-c3cc(C(=O)NCCN4CCC4)n(C)n3)n2)c1. The van der Waals surface area contributed by atoms with Gasteiger partial charge in [-0.1, -0.05) is 12.1 Å². The van der Waals surface area contributed by atoms with E-state index in [1.54, 1.807) is 30.1 Å². The van der Waals surface area contributed by atoms with Crippen LogP contribution in [0.4, 0.5) is 11.6 Å². The lowest BCUT2D eigenvalue weighted by Gasteiger charge is -2.30. The quantitative estimate of drug-likeness (QED) is 0.643. The van der Waals surface area contributed by atoms with Gasteiger partial charge in [0.2, 0.25) is 5.95 Å². The molecule has 4 rings (SSSR count). The summed E-state index contributed by atoms with van der Waals surface area (Å²) in [5.74, 6) is 0.359. The van der Waals surface area contributed by atoms with Crippen LogP contribution in [-0.4, -0.2) is 56.7 Å². The minimum Gasteiger partial charge on any atom is -0.349 e. The third-order valence-electron chi connectivity index (χ3n) is 4.97. The highest BCUT2D eigenvalue weighted by Gasteiger charge is 2.17. The van der Waals surface area contributed by atoms with Crippen LogP contribution in [0.2, 0.25) is 0 Å². The number of carbonyl (C=O) groups is 1. The van der Waals surface area contributed by atoms with Crippen molar-refractivity contribution in [2.75, 3.05) is 31.5 Å². The van der Waals surface area contributed by atoms with E-state index < -0.39 is 0 Å². The summed E-state index contributed by atoms with van der Waals surface area (Å²) in [6.45, 7) is 5.80. The number of hydrogen-bond donors (Lipinski definition) is 2. The smallest absolute Gasteiger partial charge is 0.269 e. The van der Waals surface area contributed by atoms with Gasteiger partial charge in [0.15, 0.2) is 0 Å². The number of likely N-dealkylation sites (tertiary alicyclic amines) is 1. The van der Waals surface area contributed by atoms with Gasteiger partial charge in [-0.05, 0) is 56.3 Å². The summed E-state index contributed by atoms with van der Waals surface area (Å²) >= 11 is 0. The summed E-state index contributed by atoms with van der Waals surface area (Å²) in [6, 6.07) is 11.6. The van der Waals surface area contributed by atoms with E-state index in [0.29, 0.717) is 29.6 Å². The molecule has 8 nitrogen and oxygen atoms in total. The molecule has 1 amide bonds. The maximum absolute atomic E-state index is 12.5. The van der Waals surface area contributed by atoms with Crippen molar-refractivity contribution < 1.29 is 4.79 Å². The Balaban J connectivity index is 1.45. The van der Waals surface area contributed by atoms with Crippen molar-refractivity contribution in [2.24, 2.45) is 7.05 Å². The van der Waals surface area contributed by atoms with Gasteiger partial charge < -0.3 is 15.5 Å². The Labute approximate surface area is 170 Å². The molecule has 0 spiro atoms. The summed E-state index contributed by atoms with van der Waals surface area (Å²) in [7, 11) is 1.76. The van der Waals surface area contributed by atoms with Gasteiger partial charge in [-0.2, -0.15) is 5.10 Å². The third kappa shape index (κ3) is 4.60. The summed E-state index contributed by atoms with van der Waals surface area (Å²) in [5.41, 5.74) is 3.88. The van der Waals surface area contributed by atoms with Crippen molar-refractivity contribution >= 4 is 17.5 Å². The number of nitrogens with zero attached hydrogens (tertiary/aromatic N) is 5. The molecule has 0 radical (unpaired) electrons. The van der Waals surface area contributed by atoms with Crippen LogP contribution in [0.5, 0.6) is 0 Å². The number of hydrogen-bond acceptors (Lipinski definition) is 6. The fraction of sp³-hybridized carbons (Fsp3) is 0.333. The zero-order chi connectivity index (χ0) is 20.2. The van der Waals surface area contributed by atoms with Crippen LogP contribution < -0.4 is 10.6 Å². The molecule has 2 aromatic heterocycles. The molecule has 29 heavy (non-hydrogen) atoms. The number of amides is 1. The second-order valence-corrected chi connectivity index (χ2v) is 7.25. The zero-order valence-electron chi connectivity index (χ0n) is 16.7. The first kappa shape index (κ1) is 19.1. The van der Waals surface area contributed by atoms with E-state index in [1.165, 1.54) is 6.42 Å². The monoisotopic (exact) mass is 391 g/mol. The minimum absolute atomic E-state index is 0.126. The fourth-order valence-electron chi connectivity index (χ4n) is 3.24. The topological polar surface area (TPSA) is 88.0 Å². The predicted octanol–water partition coefficient (Wildman–Crippen LogP) is 2.36. The molecule has 0 atom stereocenters. The molecule has 0 aliphatic carbocycles. The van der Waals surface area contributed by atoms with Gasteiger partial charge in [0.25, 0.3) is 5.91 Å². The number of nitrogens with one attached hydrogen (secondary N) is 2. The molecule has 2 N–H and O–H groups in total. The van der Waals surface area contributed by atoms with E-state index in [-0.39, 0.29) is 5.91 Å². The Morgan fingerprint density at radius 1 is 1.17 bits per heavy atom. The lowest BCUT2D eigenvalue weighted by Crippen LogP contribution is -2.42. The summed E-state index contributed by atoms with van der Waals surface area (Å²) in [5, 5.41) is 10.6. The van der Waals surface area contributed by atoms with Crippen LogP contribution in [0.15, 0.2) is 42.6 Å². The number of carbonyl (C=O) groups excluding carboxylic acids is 1. The molecule has 1 saturated heterocycles. The lowest BCUT2D eigenvalue weighted by molar-refractivity contribution is 0.0932. The van der Waals surface area contributed by atoms with E-state index in [9.17, 15) is 4.79 Å². The van der Waals surface area contributed by atoms with Gasteiger partial charge in [0.05, 0.1) is 5.69 Å². The minimum atomic E-state index is -0.126. The summed E-state index contributed by atoms with van der Waals surface area (Å²) in [4.78, 5) is 23.7. The van der Waals surface area contributed by atoms with Crippen LogP contribution in [0.25, 0.3) is 11.4 Å². The van der Waals surface area contributed by atoms with Gasteiger partial charge in [-0.3, -0.25) is 9.48 Å². The molecule has 0 unspecified atom stereocenters. The van der Waals surface area contributed by atoms with Crippen molar-refractivity contribution in [3.05, 3.63) is 53.9 Å². The van der Waals surface area contributed by atoms with Crippen molar-refractivity contribution in [3.8, 4) is 11.4 Å². The fourth-order valence-corrected chi connectivity index (χ4v) is 3.24. The van der Waals surface area contributed by atoms with Gasteiger partial charge in [-0.15, -0.1) is 0 Å². The maximum Gasteiger partial charge on any atom is 0.269 e. The number of anilines is 2. The first-order valence-corrected chi connectivity index (χ1v) is 9.80. The highest BCUT2D eigenvalue weighted by Crippen LogP contribution is 2.20. The molecule has 0 saturated carbocycles. The molecule has 1 fully saturated rings. The van der Waals surface area contributed by atoms with Crippen LogP contribution in [0.3, 0.4) is 0 Å². The molecule has 3 aromatic rings. The highest BCUT2D eigenvalue weighted by molar-refractivity contribution is 5.93. The van der Waals surface area contributed by atoms with E-state index in [2.05, 4.69) is 30.6 Å². The molecule has 3 heterocycles. The van der Waals surface area contributed by atoms with Crippen LogP contribution in [-0.2, 0) is 7.05 Å². The third-order valence-corrected chi connectivity index (χ3v) is 4.97. The number of aryl methyl sites for hydroxylation is 2. The van der Waals surface area contributed by atoms with Crippen molar-refractivity contribution in [1.29, 1.82) is 0 Å². The Kier molecular flexibility index (Phi) is 5.53. The van der Waals surface area contributed by atoms with Gasteiger partial charge in [0, 0.05) is 32.0 Å². The average molecular weight is 391 g/mol. The maximum atomic E-state index is 12.5. The van der Waals surface area contributed by atoms with Crippen molar-refractivity contribution in [3.63, 3.8) is 0 Å². The summed E-state index contributed by atoms with van der Waals surface area (Å²) in [6.07, 6.45) is 2.93. The molecule has 1 aliphatic heterocycles. The molecule has 0 bridgehead atoms. The van der Waals surface area contributed by atoms with Crippen molar-refractivity contribution in [2.45, 2.75) is 13.3 Å². The van der Waals surface area contributed by atoms with Gasteiger partial charge in [-0.25, -0.2) is 9.97 Å². The second-order valence-electron chi connectivity index (χ2n) is 7.25. The zero-order valence-corrected chi connectivity index (χ0v) is 16.7. The van der Waals surface area contributed by atoms with E-state index in [0.717, 1.165) is 30.9 Å². The Bertz CT molecular complexity index is 1010. The predicted molar refractivity (Wildman–Crippen MR) is 112 cm³/mol. The average Bonchev–Trinajstić information content (AvgIpc) is 3.06. The van der Waals surface area contributed by atoms with Crippen LogP contribution in [0, 0.1) is 6.92 Å². The Morgan fingerprint density at radius 3 is 2.79 bits per heavy atom. The van der Waals surface area contributed by atoms with Gasteiger partial charge in [0.1, 0.15) is 11.4 Å². The molecule has 150 valence electrons. The van der Waals surface area contributed by atoms with Gasteiger partial charge >= 0.3 is 0 Å². The first-order valence-electron chi connectivity index (χ1n) is 9.80. The molecule has 1 aromatic carbocycles. The molecular weight excluding hydrogens is 366 g/mol. The van der Waals surface area contributed by atoms with E-state index in [4.69, 9.17) is 0 Å². The Morgan fingerprint density at radius 2 is 2.03 bits per heavy atom. The number of aromatic nitrogens is 4. The van der Waals surface area contributed by atoms with E-state index in [1.807, 2.05) is 31.2 Å². The van der Waals surface area contributed by atoms with E-state index >= 15 is 0 Å². The number of benzene rings is 1.